The van der Waals surface area contributed by atoms with E-state index in [9.17, 15) is 9.90 Å². The molecular formula is C14H18O5. The van der Waals surface area contributed by atoms with Crippen molar-refractivity contribution in [2.24, 2.45) is 5.41 Å². The first-order valence-electron chi connectivity index (χ1n) is 6.08. The Labute approximate surface area is 112 Å². The van der Waals surface area contributed by atoms with E-state index in [0.717, 1.165) is 18.4 Å². The van der Waals surface area contributed by atoms with Gasteiger partial charge in [-0.25, -0.2) is 0 Å². The van der Waals surface area contributed by atoms with Crippen molar-refractivity contribution in [2.75, 3.05) is 21.3 Å². The number of rotatable bonds is 6. The zero-order chi connectivity index (χ0) is 14.0. The van der Waals surface area contributed by atoms with E-state index < -0.39 is 11.4 Å². The molecule has 5 heteroatoms. The second-order valence-corrected chi connectivity index (χ2v) is 4.80. The SMILES string of the molecule is COc1cc(CC2(C(=O)O)CC2)cc(OC)c1OC. The van der Waals surface area contributed by atoms with Crippen LogP contribution >= 0.6 is 0 Å². The lowest BCUT2D eigenvalue weighted by molar-refractivity contribution is -0.143. The van der Waals surface area contributed by atoms with E-state index in [0.29, 0.717) is 23.7 Å². The molecule has 0 amide bonds. The molecule has 19 heavy (non-hydrogen) atoms. The van der Waals surface area contributed by atoms with Gasteiger partial charge < -0.3 is 19.3 Å². The highest BCUT2D eigenvalue weighted by Gasteiger charge is 2.50. The van der Waals surface area contributed by atoms with Gasteiger partial charge in [-0.3, -0.25) is 4.79 Å². The van der Waals surface area contributed by atoms with Gasteiger partial charge >= 0.3 is 5.97 Å². The number of aliphatic carboxylic acids is 1. The van der Waals surface area contributed by atoms with Crippen LogP contribution in [0.2, 0.25) is 0 Å². The summed E-state index contributed by atoms with van der Waals surface area (Å²) in [5.74, 6) is 0.895. The Bertz CT molecular complexity index is 466. The molecule has 0 aliphatic heterocycles. The molecule has 0 radical (unpaired) electrons. The summed E-state index contributed by atoms with van der Waals surface area (Å²) >= 11 is 0. The van der Waals surface area contributed by atoms with Gasteiger partial charge in [-0.1, -0.05) is 0 Å². The Balaban J connectivity index is 2.34. The third-order valence-electron chi connectivity index (χ3n) is 3.57. The van der Waals surface area contributed by atoms with E-state index in [4.69, 9.17) is 14.2 Å². The standard InChI is InChI=1S/C14H18O5/c1-17-10-6-9(7-11(18-2)12(10)19-3)8-14(4-5-14)13(15)16/h6-7H,4-5,8H2,1-3H3,(H,15,16). The lowest BCUT2D eigenvalue weighted by Gasteiger charge is -2.16. The molecule has 104 valence electrons. The molecule has 0 saturated heterocycles. The first-order chi connectivity index (χ1) is 9.06. The molecule has 1 N–H and O–H groups in total. The molecular weight excluding hydrogens is 248 g/mol. The molecule has 1 saturated carbocycles. The molecule has 0 spiro atoms. The Hall–Kier alpha value is -1.91. The fraction of sp³-hybridized carbons (Fsp3) is 0.500. The van der Waals surface area contributed by atoms with Crippen LogP contribution in [0.1, 0.15) is 18.4 Å². The predicted molar refractivity (Wildman–Crippen MR) is 69.1 cm³/mol. The minimum atomic E-state index is -0.735. The summed E-state index contributed by atoms with van der Waals surface area (Å²) in [7, 11) is 4.63. The van der Waals surface area contributed by atoms with E-state index in [1.54, 1.807) is 21.3 Å². The summed E-state index contributed by atoms with van der Waals surface area (Å²) in [6.07, 6.45) is 1.93. The summed E-state index contributed by atoms with van der Waals surface area (Å²) in [5.41, 5.74) is 0.277. The maximum atomic E-state index is 11.2. The summed E-state index contributed by atoms with van der Waals surface area (Å²) in [4.78, 5) is 11.2. The molecule has 1 aromatic rings. The fourth-order valence-electron chi connectivity index (χ4n) is 2.25. The smallest absolute Gasteiger partial charge is 0.309 e. The predicted octanol–water partition coefficient (Wildman–Crippen LogP) is 2.12. The minimum Gasteiger partial charge on any atom is -0.493 e. The van der Waals surface area contributed by atoms with E-state index >= 15 is 0 Å². The van der Waals surface area contributed by atoms with Gasteiger partial charge in [0, 0.05) is 0 Å². The van der Waals surface area contributed by atoms with Gasteiger partial charge in [0.25, 0.3) is 0 Å². The van der Waals surface area contributed by atoms with Crippen LogP contribution in [0.25, 0.3) is 0 Å². The lowest BCUT2D eigenvalue weighted by Crippen LogP contribution is -2.17. The van der Waals surface area contributed by atoms with Gasteiger partial charge in [-0.15, -0.1) is 0 Å². The molecule has 0 unspecified atom stereocenters. The van der Waals surface area contributed by atoms with Gasteiger partial charge in [0.05, 0.1) is 26.7 Å². The molecule has 0 heterocycles. The largest absolute Gasteiger partial charge is 0.493 e. The quantitative estimate of drug-likeness (QED) is 0.854. The maximum absolute atomic E-state index is 11.2. The fourth-order valence-corrected chi connectivity index (χ4v) is 2.25. The van der Waals surface area contributed by atoms with Crippen LogP contribution in [0.4, 0.5) is 0 Å². The van der Waals surface area contributed by atoms with E-state index in [2.05, 4.69) is 0 Å². The molecule has 5 nitrogen and oxygen atoms in total. The number of benzene rings is 1. The highest BCUT2D eigenvalue weighted by atomic mass is 16.5. The van der Waals surface area contributed by atoms with E-state index in [1.165, 1.54) is 0 Å². The highest BCUT2D eigenvalue weighted by molar-refractivity contribution is 5.78. The van der Waals surface area contributed by atoms with Crippen molar-refractivity contribution in [3.05, 3.63) is 17.7 Å². The molecule has 0 bridgehead atoms. The number of carbonyl (C=O) groups is 1. The monoisotopic (exact) mass is 266 g/mol. The van der Waals surface area contributed by atoms with Gasteiger partial charge in [-0.05, 0) is 37.0 Å². The second kappa shape index (κ2) is 4.99. The average molecular weight is 266 g/mol. The number of carboxylic acid groups (broad SMARTS) is 1. The average Bonchev–Trinajstić information content (AvgIpc) is 3.18. The zero-order valence-electron chi connectivity index (χ0n) is 11.4. The van der Waals surface area contributed by atoms with Crippen molar-refractivity contribution in [3.8, 4) is 17.2 Å². The summed E-state index contributed by atoms with van der Waals surface area (Å²) < 4.78 is 15.8. The zero-order valence-corrected chi connectivity index (χ0v) is 11.4. The number of methoxy groups -OCH3 is 3. The van der Waals surface area contributed by atoms with Crippen LogP contribution in [0.15, 0.2) is 12.1 Å². The van der Waals surface area contributed by atoms with Crippen molar-refractivity contribution in [1.29, 1.82) is 0 Å². The van der Waals surface area contributed by atoms with Crippen molar-refractivity contribution in [2.45, 2.75) is 19.3 Å². The van der Waals surface area contributed by atoms with Gasteiger partial charge in [0.15, 0.2) is 11.5 Å². The third kappa shape index (κ3) is 2.45. The molecule has 0 atom stereocenters. The number of carboxylic acids is 1. The highest BCUT2D eigenvalue weighted by Crippen LogP contribution is 2.50. The molecule has 1 aliphatic carbocycles. The topological polar surface area (TPSA) is 65.0 Å². The minimum absolute atomic E-state index is 0.485. The van der Waals surface area contributed by atoms with Crippen LogP contribution < -0.4 is 14.2 Å². The van der Waals surface area contributed by atoms with Crippen molar-refractivity contribution in [1.82, 2.24) is 0 Å². The Morgan fingerprint density at radius 2 is 1.68 bits per heavy atom. The van der Waals surface area contributed by atoms with E-state index in [1.807, 2.05) is 12.1 Å². The van der Waals surface area contributed by atoms with Crippen LogP contribution in [0.5, 0.6) is 17.2 Å². The Morgan fingerprint density at radius 1 is 1.16 bits per heavy atom. The van der Waals surface area contributed by atoms with Gasteiger partial charge in [0.1, 0.15) is 0 Å². The van der Waals surface area contributed by atoms with Crippen molar-refractivity contribution in [3.63, 3.8) is 0 Å². The first-order valence-corrected chi connectivity index (χ1v) is 6.08. The van der Waals surface area contributed by atoms with Crippen LogP contribution in [0.3, 0.4) is 0 Å². The number of hydrogen-bond acceptors (Lipinski definition) is 4. The summed E-state index contributed by atoms with van der Waals surface area (Å²) in [6, 6.07) is 3.62. The summed E-state index contributed by atoms with van der Waals surface area (Å²) in [5, 5.41) is 9.23. The molecule has 0 aromatic heterocycles. The second-order valence-electron chi connectivity index (χ2n) is 4.80. The first kappa shape index (κ1) is 13.5. The normalized spacial score (nSPS) is 15.7. The maximum Gasteiger partial charge on any atom is 0.309 e. The third-order valence-corrected chi connectivity index (χ3v) is 3.57. The van der Waals surface area contributed by atoms with Crippen molar-refractivity contribution >= 4 is 5.97 Å². The van der Waals surface area contributed by atoms with Crippen molar-refractivity contribution < 1.29 is 24.1 Å². The molecule has 1 aromatic carbocycles. The lowest BCUT2D eigenvalue weighted by atomic mass is 9.96. The van der Waals surface area contributed by atoms with Crippen LogP contribution in [0, 0.1) is 5.41 Å². The number of ether oxygens (including phenoxy) is 3. The molecule has 1 aliphatic rings. The molecule has 2 rings (SSSR count). The Morgan fingerprint density at radius 3 is 2.00 bits per heavy atom. The van der Waals surface area contributed by atoms with Gasteiger partial charge in [-0.2, -0.15) is 0 Å². The molecule has 1 fully saturated rings. The van der Waals surface area contributed by atoms with Gasteiger partial charge in [0.2, 0.25) is 5.75 Å². The van der Waals surface area contributed by atoms with Crippen LogP contribution in [-0.2, 0) is 11.2 Å². The summed E-state index contributed by atoms with van der Waals surface area (Å²) in [6.45, 7) is 0. The Kier molecular flexibility index (Phi) is 3.55. The number of hydrogen-bond donors (Lipinski definition) is 1. The van der Waals surface area contributed by atoms with E-state index in [-0.39, 0.29) is 0 Å². The van der Waals surface area contributed by atoms with Crippen LogP contribution in [-0.4, -0.2) is 32.4 Å².